The van der Waals surface area contributed by atoms with Crippen LogP contribution in [0.4, 0.5) is 5.69 Å². The van der Waals surface area contributed by atoms with Crippen LogP contribution >= 0.6 is 21.6 Å². The van der Waals surface area contributed by atoms with Crippen LogP contribution in [0, 0.1) is 0 Å². The lowest BCUT2D eigenvalue weighted by Gasteiger charge is -2.32. The molecule has 2 saturated heterocycles. The summed E-state index contributed by atoms with van der Waals surface area (Å²) in [6.45, 7) is 1.13. The Balaban J connectivity index is 1.51. The number of rotatable bonds is 18. The summed E-state index contributed by atoms with van der Waals surface area (Å²) in [6, 6.07) is 11.4. The lowest BCUT2D eigenvalue weighted by atomic mass is 10.0. The van der Waals surface area contributed by atoms with E-state index >= 15 is 0 Å². The van der Waals surface area contributed by atoms with Crippen LogP contribution in [0.1, 0.15) is 63.9 Å². The molecule has 2 aliphatic heterocycles. The van der Waals surface area contributed by atoms with Gasteiger partial charge in [0.1, 0.15) is 42.3 Å². The largest absolute Gasteiger partial charge is 0.370 e. The molecule has 11 amide bonds. The third-order valence-electron chi connectivity index (χ3n) is 12.5. The van der Waals surface area contributed by atoms with Crippen LogP contribution in [0.3, 0.4) is 0 Å². The minimum atomic E-state index is -1.76. The van der Waals surface area contributed by atoms with Gasteiger partial charge in [-0.1, -0.05) is 88.3 Å². The van der Waals surface area contributed by atoms with E-state index in [0.717, 1.165) is 27.0 Å². The minimum Gasteiger partial charge on any atom is -0.370 e. The second kappa shape index (κ2) is 29.4. The van der Waals surface area contributed by atoms with Crippen molar-refractivity contribution in [2.75, 3.05) is 36.0 Å². The molecule has 2 aliphatic rings. The van der Waals surface area contributed by atoms with Crippen LogP contribution in [0.5, 0.6) is 0 Å². The molecule has 0 saturated carbocycles. The van der Waals surface area contributed by atoms with Crippen molar-refractivity contribution in [3.63, 3.8) is 0 Å². The van der Waals surface area contributed by atoms with Gasteiger partial charge in [-0.3, -0.25) is 62.6 Å². The zero-order chi connectivity index (χ0) is 56.2. The first-order valence-electron chi connectivity index (χ1n) is 24.8. The van der Waals surface area contributed by atoms with E-state index in [1.165, 1.54) is 16.7 Å². The fraction of sp³-hybridized carbons (Fsp3) is 0.440. The molecule has 2 unspecified atom stereocenters. The average molecular weight is 1100 g/mol. The number of nitrogens with zero attached hydrogens (tertiary/aromatic N) is 3. The van der Waals surface area contributed by atoms with Crippen molar-refractivity contribution in [1.29, 1.82) is 0 Å². The van der Waals surface area contributed by atoms with Gasteiger partial charge in [-0.2, -0.15) is 0 Å². The summed E-state index contributed by atoms with van der Waals surface area (Å²) in [5, 5.41) is 16.8. The second-order valence-corrected chi connectivity index (χ2v) is 20.9. The number of fused-ring (bicyclic) bond motifs is 1. The highest BCUT2D eigenvalue weighted by atomic mass is 33.1. The van der Waals surface area contributed by atoms with Gasteiger partial charge < -0.3 is 65.5 Å². The van der Waals surface area contributed by atoms with Gasteiger partial charge in [-0.25, -0.2) is 0 Å². The molecule has 3 aromatic carbocycles. The number of carbonyl (C=O) groups is 11. The molecular formula is C50H66N14O11S2. The predicted octanol–water partition coefficient (Wildman–Crippen LogP) is -2.20. The van der Waals surface area contributed by atoms with Gasteiger partial charge in [0.2, 0.25) is 65.0 Å². The third kappa shape index (κ3) is 18.1. The van der Waals surface area contributed by atoms with Crippen molar-refractivity contribution >= 4 is 109 Å². The Kier molecular flexibility index (Phi) is 22.9. The summed E-state index contributed by atoms with van der Waals surface area (Å²) in [5.74, 6) is -9.43. The Labute approximate surface area is 451 Å². The number of anilines is 1. The van der Waals surface area contributed by atoms with Gasteiger partial charge in [-0.05, 0) is 56.0 Å². The number of aliphatic imine (C=N–C) groups is 1. The highest BCUT2D eigenvalue weighted by molar-refractivity contribution is 8.76. The topological polar surface area (TPSA) is 409 Å². The number of benzene rings is 3. The molecule has 25 nitrogen and oxygen atoms in total. The van der Waals surface area contributed by atoms with Crippen molar-refractivity contribution in [3.8, 4) is 0 Å². The van der Waals surface area contributed by atoms with Crippen LogP contribution < -0.4 is 65.5 Å². The maximum Gasteiger partial charge on any atom is 0.246 e. The molecule has 0 aromatic heterocycles. The number of primary amides is 3. The summed E-state index contributed by atoms with van der Waals surface area (Å²) in [6.07, 6.45) is -1.17. The monoisotopic (exact) mass is 1100 g/mol. The fourth-order valence-corrected chi connectivity index (χ4v) is 10.8. The van der Waals surface area contributed by atoms with Crippen molar-refractivity contribution < 1.29 is 52.7 Å². The van der Waals surface area contributed by atoms with Crippen molar-refractivity contribution in [3.05, 3.63) is 78.4 Å². The zero-order valence-electron chi connectivity index (χ0n) is 42.4. The smallest absolute Gasteiger partial charge is 0.246 e. The number of nitrogens with one attached hydrogen (secondary N) is 6. The maximum absolute atomic E-state index is 14.7. The first kappa shape index (κ1) is 59.9. The molecular weight excluding hydrogens is 1040 g/mol. The van der Waals surface area contributed by atoms with E-state index in [1.807, 2.05) is 18.2 Å². The summed E-state index contributed by atoms with van der Waals surface area (Å²) >= 11 is 0. The summed E-state index contributed by atoms with van der Waals surface area (Å²) < 4.78 is 0. The maximum atomic E-state index is 14.7. The molecule has 5 rings (SSSR count). The Morgan fingerprint density at radius 1 is 0.753 bits per heavy atom. The van der Waals surface area contributed by atoms with Crippen molar-refractivity contribution in [2.24, 2.45) is 33.7 Å². The molecule has 2 heterocycles. The van der Waals surface area contributed by atoms with Gasteiger partial charge in [0.25, 0.3) is 0 Å². The molecule has 27 heteroatoms. The highest BCUT2D eigenvalue weighted by Gasteiger charge is 2.41. The van der Waals surface area contributed by atoms with Gasteiger partial charge in [0.15, 0.2) is 5.96 Å². The minimum absolute atomic E-state index is 0.0168. The average Bonchev–Trinajstić information content (AvgIpc) is 3.90. The van der Waals surface area contributed by atoms with E-state index in [2.05, 4.69) is 36.9 Å². The Morgan fingerprint density at radius 3 is 2.12 bits per heavy atom. The van der Waals surface area contributed by atoms with Gasteiger partial charge in [0.05, 0.1) is 18.7 Å². The molecule has 3 aromatic rings. The fourth-order valence-electron chi connectivity index (χ4n) is 8.67. The molecule has 0 bridgehead atoms. The van der Waals surface area contributed by atoms with E-state index in [9.17, 15) is 52.7 Å². The van der Waals surface area contributed by atoms with Crippen LogP contribution in [0.25, 0.3) is 10.8 Å². The summed E-state index contributed by atoms with van der Waals surface area (Å²) in [4.78, 5) is 156. The SMILES string of the molecule is C[C@H]1C(=O)NC(Cc2ccccc2)C(=O)N[C@@H](CCC(N)=O)C(=O)N[C@@H](CC(N)=O)C(=O)NC(C(=O)N2CCC[C@H]2C(=O)N[C@@H](CCCN=C(N)N)C(=O)NCC(N)=O)CSSCCC(=O)N1c1cccc2ccccc12. The van der Waals surface area contributed by atoms with E-state index < -0.39 is 133 Å². The molecule has 77 heavy (non-hydrogen) atoms. The number of hydrogen-bond donors (Lipinski definition) is 11. The Morgan fingerprint density at radius 2 is 1.42 bits per heavy atom. The Hall–Kier alpha value is -7.94. The number of amides is 11. The van der Waals surface area contributed by atoms with Crippen LogP contribution in [-0.2, 0) is 59.2 Å². The van der Waals surface area contributed by atoms with E-state index in [4.69, 9.17) is 28.7 Å². The molecule has 16 N–H and O–H groups in total. The van der Waals surface area contributed by atoms with Gasteiger partial charge >= 0.3 is 0 Å². The zero-order valence-corrected chi connectivity index (χ0v) is 44.0. The number of nitrogens with two attached hydrogens (primary N) is 5. The van der Waals surface area contributed by atoms with Crippen molar-refractivity contribution in [2.45, 2.75) is 107 Å². The first-order valence-corrected chi connectivity index (χ1v) is 27.3. The molecule has 0 spiro atoms. The van der Waals surface area contributed by atoms with Crippen molar-refractivity contribution in [1.82, 2.24) is 36.8 Å². The number of guanidine groups is 1. The number of carbonyl (C=O) groups excluding carboxylic acids is 11. The van der Waals surface area contributed by atoms with Crippen LogP contribution in [0.15, 0.2) is 77.8 Å². The lowest BCUT2D eigenvalue weighted by molar-refractivity contribution is -0.142. The molecule has 0 aliphatic carbocycles. The molecule has 414 valence electrons. The molecule has 2 fully saturated rings. The first-order chi connectivity index (χ1) is 36.7. The van der Waals surface area contributed by atoms with Gasteiger partial charge in [0, 0.05) is 49.2 Å². The quantitative estimate of drug-likeness (QED) is 0.0279. The lowest BCUT2D eigenvalue weighted by Crippen LogP contribution is -2.61. The number of hydrogen-bond acceptors (Lipinski definition) is 14. The number of likely N-dealkylation sites (tertiary alicyclic amines) is 1. The third-order valence-corrected chi connectivity index (χ3v) is 14.9. The molecule has 7 atom stereocenters. The van der Waals surface area contributed by atoms with E-state index in [-0.39, 0.29) is 62.7 Å². The van der Waals surface area contributed by atoms with Crippen LogP contribution in [0.2, 0.25) is 0 Å². The summed E-state index contributed by atoms with van der Waals surface area (Å²) in [5.41, 5.74) is 28.2. The molecule has 0 radical (unpaired) electrons. The van der Waals surface area contributed by atoms with Crippen LogP contribution in [-0.4, -0.2) is 149 Å². The standard InChI is InChI=1S/C50H66N14O11S2/c1-28-43(69)60-34(24-29-10-3-2-4-11-29)46(72)58-33(18-19-39(51)65)45(71)61-35(25-40(52)66)47(73)62-36(27-77-76-23-20-42(68)64(28)37-16-7-13-30-12-5-6-14-31(30)37)49(75)63-22-9-17-38(63)48(74)59-32(15-8-21-56-50(54)55)44(70)57-26-41(53)67/h2-7,10-14,16,28,32-36,38H,8-9,15,17-27H2,1H3,(H2,51,65)(H2,52,66)(H2,53,67)(H,57,70)(H,58,72)(H,59,74)(H,60,69)(H,61,71)(H,62,73)(H4,54,55,56)/t28-,32-,33-,34?,35-,36?,38-/m0/s1. The summed E-state index contributed by atoms with van der Waals surface area (Å²) in [7, 11) is 2.25. The predicted molar refractivity (Wildman–Crippen MR) is 289 cm³/mol. The normalized spacial score (nSPS) is 21.5. The Bertz CT molecular complexity index is 2690. The second-order valence-electron chi connectivity index (χ2n) is 18.3. The highest BCUT2D eigenvalue weighted by Crippen LogP contribution is 2.31. The van der Waals surface area contributed by atoms with E-state index in [0.29, 0.717) is 23.1 Å². The van der Waals surface area contributed by atoms with Gasteiger partial charge in [-0.15, -0.1) is 0 Å². The van der Waals surface area contributed by atoms with E-state index in [1.54, 1.807) is 54.6 Å².